The lowest BCUT2D eigenvalue weighted by Gasteiger charge is -2.11. The third-order valence-electron chi connectivity index (χ3n) is 4.27. The van der Waals surface area contributed by atoms with Crippen molar-refractivity contribution < 1.29 is 0 Å². The molecule has 0 radical (unpaired) electrons. The molecule has 0 saturated carbocycles. The van der Waals surface area contributed by atoms with Crippen LogP contribution in [0.3, 0.4) is 0 Å². The highest BCUT2D eigenvalue weighted by atomic mass is 16.1. The molecule has 0 aliphatic carbocycles. The van der Waals surface area contributed by atoms with Crippen molar-refractivity contribution in [3.05, 3.63) is 75.8 Å². The molecular weight excluding hydrogens is 316 g/mol. The predicted molar refractivity (Wildman–Crippen MR) is 97.3 cm³/mol. The van der Waals surface area contributed by atoms with E-state index in [0.717, 1.165) is 5.69 Å². The van der Waals surface area contributed by atoms with Crippen LogP contribution in [0, 0.1) is 0 Å². The van der Waals surface area contributed by atoms with Gasteiger partial charge in [0.25, 0.3) is 11.1 Å². The van der Waals surface area contributed by atoms with Crippen molar-refractivity contribution in [1.82, 2.24) is 19.1 Å². The van der Waals surface area contributed by atoms with Crippen LogP contribution in [-0.4, -0.2) is 19.1 Å². The molecule has 4 aromatic heterocycles. The lowest BCUT2D eigenvalue weighted by molar-refractivity contribution is 0.582. The van der Waals surface area contributed by atoms with Crippen LogP contribution in [0.5, 0.6) is 0 Å². The fourth-order valence-electron chi connectivity index (χ4n) is 2.95. The van der Waals surface area contributed by atoms with Crippen LogP contribution >= 0.6 is 0 Å². The predicted octanol–water partition coefficient (Wildman–Crippen LogP) is 2.68. The lowest BCUT2D eigenvalue weighted by Crippen LogP contribution is -2.22. The van der Waals surface area contributed by atoms with Gasteiger partial charge in [0.05, 0.1) is 27.5 Å². The number of rotatable bonds is 2. The highest BCUT2D eigenvalue weighted by Gasteiger charge is 2.11. The van der Waals surface area contributed by atoms with E-state index in [4.69, 9.17) is 0 Å². The Balaban J connectivity index is 2.06. The van der Waals surface area contributed by atoms with Crippen LogP contribution in [-0.2, 0) is 0 Å². The van der Waals surface area contributed by atoms with Gasteiger partial charge in [-0.05, 0) is 44.2 Å². The Morgan fingerprint density at radius 2 is 1.52 bits per heavy atom. The SMILES string of the molecule is CC(C)n1ccc2nc3ccn(-c4ccncc4)c(=O)c3cc2c1=O. The topological polar surface area (TPSA) is 69.8 Å². The Hall–Kier alpha value is -3.28. The van der Waals surface area contributed by atoms with Gasteiger partial charge in [-0.1, -0.05) is 0 Å². The molecule has 0 bridgehead atoms. The van der Waals surface area contributed by atoms with Gasteiger partial charge >= 0.3 is 0 Å². The summed E-state index contributed by atoms with van der Waals surface area (Å²) in [4.78, 5) is 34.0. The summed E-state index contributed by atoms with van der Waals surface area (Å²) in [6.07, 6.45) is 6.69. The Morgan fingerprint density at radius 3 is 2.20 bits per heavy atom. The fraction of sp³-hybridized carbons (Fsp3) is 0.158. The highest BCUT2D eigenvalue weighted by molar-refractivity contribution is 5.91. The summed E-state index contributed by atoms with van der Waals surface area (Å²) in [6.45, 7) is 3.89. The minimum atomic E-state index is -0.211. The van der Waals surface area contributed by atoms with Gasteiger partial charge in [-0.15, -0.1) is 0 Å². The molecule has 6 heteroatoms. The van der Waals surface area contributed by atoms with Crippen LogP contribution in [0.4, 0.5) is 0 Å². The summed E-state index contributed by atoms with van der Waals surface area (Å²) in [5.74, 6) is 0. The van der Waals surface area contributed by atoms with E-state index in [1.54, 1.807) is 53.6 Å². The zero-order valence-electron chi connectivity index (χ0n) is 13.9. The van der Waals surface area contributed by atoms with Crippen LogP contribution in [0.2, 0.25) is 0 Å². The molecule has 0 N–H and O–H groups in total. The van der Waals surface area contributed by atoms with Crippen LogP contribution in [0.25, 0.3) is 27.5 Å². The van der Waals surface area contributed by atoms with Gasteiger partial charge in [-0.25, -0.2) is 4.98 Å². The van der Waals surface area contributed by atoms with E-state index in [0.29, 0.717) is 21.8 Å². The normalized spacial score (nSPS) is 11.5. The molecule has 4 rings (SSSR count). The molecule has 25 heavy (non-hydrogen) atoms. The number of fused-ring (bicyclic) bond motifs is 2. The lowest BCUT2D eigenvalue weighted by atomic mass is 10.2. The summed E-state index contributed by atoms with van der Waals surface area (Å²) in [6, 6.07) is 8.80. The standard InChI is InChI=1S/C19H16N4O2/c1-12(2)22-9-5-16-14(18(22)24)11-15-17(21-16)6-10-23(19(15)25)13-3-7-20-8-4-13/h3-12H,1-2H3. The molecule has 4 heterocycles. The van der Waals surface area contributed by atoms with Crippen molar-refractivity contribution in [2.24, 2.45) is 0 Å². The molecule has 0 aliphatic rings. The second-order valence-corrected chi connectivity index (χ2v) is 6.17. The van der Waals surface area contributed by atoms with Crippen molar-refractivity contribution in [1.29, 1.82) is 0 Å². The number of pyridine rings is 4. The van der Waals surface area contributed by atoms with E-state index in [2.05, 4.69) is 9.97 Å². The molecule has 0 fully saturated rings. The van der Waals surface area contributed by atoms with Crippen molar-refractivity contribution in [3.63, 3.8) is 0 Å². The van der Waals surface area contributed by atoms with E-state index in [1.807, 2.05) is 19.9 Å². The first-order valence-corrected chi connectivity index (χ1v) is 8.04. The maximum absolute atomic E-state index is 12.9. The minimum absolute atomic E-state index is 0.0387. The Labute approximate surface area is 143 Å². The summed E-state index contributed by atoms with van der Waals surface area (Å²) in [7, 11) is 0. The molecule has 0 aliphatic heterocycles. The van der Waals surface area contributed by atoms with Gasteiger partial charge in [0.1, 0.15) is 0 Å². The molecule has 0 spiro atoms. The minimum Gasteiger partial charge on any atom is -0.312 e. The van der Waals surface area contributed by atoms with Gasteiger partial charge in [0, 0.05) is 30.8 Å². The molecule has 0 unspecified atom stereocenters. The zero-order valence-corrected chi connectivity index (χ0v) is 13.9. The van der Waals surface area contributed by atoms with Gasteiger partial charge in [0.2, 0.25) is 0 Å². The van der Waals surface area contributed by atoms with E-state index in [9.17, 15) is 9.59 Å². The summed E-state index contributed by atoms with van der Waals surface area (Å²) in [5.41, 5.74) is 1.53. The Morgan fingerprint density at radius 1 is 0.880 bits per heavy atom. The molecule has 0 atom stereocenters. The second-order valence-electron chi connectivity index (χ2n) is 6.17. The quantitative estimate of drug-likeness (QED) is 0.529. The van der Waals surface area contributed by atoms with Crippen molar-refractivity contribution in [2.75, 3.05) is 0 Å². The first kappa shape index (κ1) is 15.3. The van der Waals surface area contributed by atoms with E-state index >= 15 is 0 Å². The van der Waals surface area contributed by atoms with Crippen molar-refractivity contribution in [2.45, 2.75) is 19.9 Å². The Kier molecular flexibility index (Phi) is 3.46. The first-order valence-electron chi connectivity index (χ1n) is 8.04. The second kappa shape index (κ2) is 5.66. The van der Waals surface area contributed by atoms with Crippen LogP contribution in [0.1, 0.15) is 19.9 Å². The maximum atomic E-state index is 12.9. The van der Waals surface area contributed by atoms with Gasteiger partial charge in [-0.2, -0.15) is 0 Å². The molecule has 6 nitrogen and oxygen atoms in total. The average molecular weight is 332 g/mol. The van der Waals surface area contributed by atoms with Crippen LogP contribution < -0.4 is 11.1 Å². The zero-order chi connectivity index (χ0) is 17.6. The number of hydrogen-bond donors (Lipinski definition) is 0. The smallest absolute Gasteiger partial charge is 0.264 e. The van der Waals surface area contributed by atoms with Gasteiger partial charge < -0.3 is 4.57 Å². The van der Waals surface area contributed by atoms with Crippen molar-refractivity contribution >= 4 is 21.8 Å². The number of nitrogens with zero attached hydrogens (tertiary/aromatic N) is 4. The van der Waals surface area contributed by atoms with Gasteiger partial charge in [-0.3, -0.25) is 19.1 Å². The maximum Gasteiger partial charge on any atom is 0.264 e. The molecule has 4 aromatic rings. The average Bonchev–Trinajstić information content (AvgIpc) is 2.62. The van der Waals surface area contributed by atoms with E-state index in [1.165, 1.54) is 4.57 Å². The summed E-state index contributed by atoms with van der Waals surface area (Å²) in [5, 5.41) is 0.874. The first-order chi connectivity index (χ1) is 12.1. The molecule has 0 aromatic carbocycles. The molecular formula is C19H16N4O2. The number of hydrogen-bond acceptors (Lipinski definition) is 4. The fourth-order valence-corrected chi connectivity index (χ4v) is 2.95. The summed E-state index contributed by atoms with van der Waals surface area (Å²) >= 11 is 0. The van der Waals surface area contributed by atoms with Crippen molar-refractivity contribution in [3.8, 4) is 5.69 Å². The van der Waals surface area contributed by atoms with Gasteiger partial charge in [0.15, 0.2) is 0 Å². The highest BCUT2D eigenvalue weighted by Crippen LogP contribution is 2.16. The van der Waals surface area contributed by atoms with E-state index < -0.39 is 0 Å². The summed E-state index contributed by atoms with van der Waals surface area (Å²) < 4.78 is 3.17. The van der Waals surface area contributed by atoms with E-state index in [-0.39, 0.29) is 17.2 Å². The Bertz CT molecular complexity index is 1210. The molecule has 0 amide bonds. The largest absolute Gasteiger partial charge is 0.312 e. The number of aromatic nitrogens is 4. The molecule has 0 saturated heterocycles. The third kappa shape index (κ3) is 2.42. The third-order valence-corrected chi connectivity index (χ3v) is 4.27. The molecule has 124 valence electrons. The monoisotopic (exact) mass is 332 g/mol. The van der Waals surface area contributed by atoms with Crippen LogP contribution in [0.15, 0.2) is 64.7 Å².